The van der Waals surface area contributed by atoms with Gasteiger partial charge < -0.3 is 5.32 Å². The number of nitrogens with one attached hydrogen (secondary N) is 1. The number of rotatable bonds is 3. The molecule has 3 heteroatoms. The predicted molar refractivity (Wildman–Crippen MR) is 71.9 cm³/mol. The molecule has 3 rings (SSSR count). The predicted octanol–water partition coefficient (Wildman–Crippen LogP) is 2.61. The Hall–Kier alpha value is -1.82. The lowest BCUT2D eigenvalue weighted by atomic mass is 10.0. The van der Waals surface area contributed by atoms with Crippen LogP contribution in [0.1, 0.15) is 36.8 Å². The molecule has 3 nitrogen and oxygen atoms in total. The maximum atomic E-state index is 12.1. The lowest BCUT2D eigenvalue weighted by Crippen LogP contribution is -2.25. The van der Waals surface area contributed by atoms with E-state index in [1.54, 1.807) is 12.1 Å². The lowest BCUT2D eigenvalue weighted by molar-refractivity contribution is -0.123. The first-order valence-corrected chi connectivity index (χ1v) is 7.06. The summed E-state index contributed by atoms with van der Waals surface area (Å²) in [7, 11) is 0. The van der Waals surface area contributed by atoms with Gasteiger partial charge in [-0.05, 0) is 42.4 Å². The van der Waals surface area contributed by atoms with Crippen molar-refractivity contribution in [1.82, 2.24) is 5.32 Å². The van der Waals surface area contributed by atoms with Crippen molar-refractivity contribution in [2.75, 3.05) is 0 Å². The Bertz CT molecular complexity index is 503. The molecular formula is C16H18N2O. The van der Waals surface area contributed by atoms with Crippen LogP contribution in [0.25, 0.3) is 0 Å². The van der Waals surface area contributed by atoms with Crippen LogP contribution in [0.4, 0.5) is 0 Å². The van der Waals surface area contributed by atoms with Crippen LogP contribution in [0, 0.1) is 29.1 Å². The maximum Gasteiger partial charge on any atom is 0.223 e. The third-order valence-corrected chi connectivity index (χ3v) is 4.51. The highest BCUT2D eigenvalue weighted by molar-refractivity contribution is 5.82. The molecular weight excluding hydrogens is 236 g/mol. The Balaban J connectivity index is 1.52. The zero-order chi connectivity index (χ0) is 13.2. The first-order valence-electron chi connectivity index (χ1n) is 7.06. The van der Waals surface area contributed by atoms with Crippen LogP contribution in [-0.4, -0.2) is 5.91 Å². The minimum absolute atomic E-state index is 0.223. The zero-order valence-corrected chi connectivity index (χ0v) is 10.9. The van der Waals surface area contributed by atoms with Crippen molar-refractivity contribution in [3.63, 3.8) is 0 Å². The summed E-state index contributed by atoms with van der Waals surface area (Å²) in [5, 5.41) is 11.8. The van der Waals surface area contributed by atoms with E-state index in [1.165, 1.54) is 25.7 Å². The molecule has 2 unspecified atom stereocenters. The van der Waals surface area contributed by atoms with E-state index in [0.717, 1.165) is 5.56 Å². The molecule has 2 aliphatic rings. The number of benzene rings is 1. The maximum absolute atomic E-state index is 12.1. The van der Waals surface area contributed by atoms with Gasteiger partial charge in [-0.2, -0.15) is 5.26 Å². The Kier molecular flexibility index (Phi) is 3.25. The standard InChI is InChI=1S/C16H18N2O/c17-9-11-5-7-12(8-6-11)10-18-16(19)15-13-3-1-2-4-14(13)15/h5-8,13-15H,1-4,10H2,(H,18,19). The molecule has 1 N–H and O–H groups in total. The lowest BCUT2D eigenvalue weighted by Gasteiger charge is -2.05. The average Bonchev–Trinajstić information content (AvgIpc) is 3.19. The van der Waals surface area contributed by atoms with Crippen molar-refractivity contribution in [2.24, 2.45) is 17.8 Å². The number of fused-ring (bicyclic) bond motifs is 1. The topological polar surface area (TPSA) is 52.9 Å². The Morgan fingerprint density at radius 3 is 2.42 bits per heavy atom. The van der Waals surface area contributed by atoms with Crippen molar-refractivity contribution in [2.45, 2.75) is 32.2 Å². The highest BCUT2D eigenvalue weighted by Crippen LogP contribution is 2.55. The Morgan fingerprint density at radius 1 is 1.21 bits per heavy atom. The number of carbonyl (C=O) groups is 1. The number of hydrogen-bond donors (Lipinski definition) is 1. The zero-order valence-electron chi connectivity index (χ0n) is 10.9. The van der Waals surface area contributed by atoms with Gasteiger partial charge in [0.1, 0.15) is 0 Å². The fourth-order valence-corrected chi connectivity index (χ4v) is 3.39. The number of amides is 1. The first-order chi connectivity index (χ1) is 9.29. The fourth-order valence-electron chi connectivity index (χ4n) is 3.39. The molecule has 1 amide bonds. The Morgan fingerprint density at radius 2 is 1.84 bits per heavy atom. The van der Waals surface area contributed by atoms with Gasteiger partial charge in [0, 0.05) is 12.5 Å². The average molecular weight is 254 g/mol. The highest BCUT2D eigenvalue weighted by atomic mass is 16.2. The molecule has 0 aromatic heterocycles. The molecule has 2 fully saturated rings. The molecule has 0 bridgehead atoms. The van der Waals surface area contributed by atoms with Crippen LogP contribution < -0.4 is 5.32 Å². The SMILES string of the molecule is N#Cc1ccc(CNC(=O)C2C3CCCCC32)cc1. The molecule has 0 radical (unpaired) electrons. The smallest absolute Gasteiger partial charge is 0.223 e. The molecule has 0 spiro atoms. The Labute approximate surface area is 113 Å². The minimum Gasteiger partial charge on any atom is -0.352 e. The summed E-state index contributed by atoms with van der Waals surface area (Å²) in [6.07, 6.45) is 5.06. The van der Waals surface area contributed by atoms with E-state index in [0.29, 0.717) is 23.9 Å². The fraction of sp³-hybridized carbons (Fsp3) is 0.500. The van der Waals surface area contributed by atoms with Gasteiger partial charge in [-0.3, -0.25) is 4.79 Å². The van der Waals surface area contributed by atoms with Crippen LogP contribution in [0.3, 0.4) is 0 Å². The number of hydrogen-bond acceptors (Lipinski definition) is 2. The molecule has 2 aliphatic carbocycles. The molecule has 1 aromatic carbocycles. The van der Waals surface area contributed by atoms with E-state index < -0.39 is 0 Å². The van der Waals surface area contributed by atoms with Crippen molar-refractivity contribution in [1.29, 1.82) is 5.26 Å². The van der Waals surface area contributed by atoms with Gasteiger partial charge in [-0.25, -0.2) is 0 Å². The molecule has 98 valence electrons. The monoisotopic (exact) mass is 254 g/mol. The van der Waals surface area contributed by atoms with Crippen LogP contribution in [0.5, 0.6) is 0 Å². The van der Waals surface area contributed by atoms with Gasteiger partial charge in [-0.15, -0.1) is 0 Å². The van der Waals surface area contributed by atoms with Crippen LogP contribution >= 0.6 is 0 Å². The third-order valence-electron chi connectivity index (χ3n) is 4.51. The largest absolute Gasteiger partial charge is 0.352 e. The summed E-state index contributed by atoms with van der Waals surface area (Å²) in [6, 6.07) is 9.48. The van der Waals surface area contributed by atoms with Crippen molar-refractivity contribution < 1.29 is 4.79 Å². The van der Waals surface area contributed by atoms with Gasteiger partial charge in [0.25, 0.3) is 0 Å². The molecule has 0 aliphatic heterocycles. The number of nitriles is 1. The molecule has 19 heavy (non-hydrogen) atoms. The molecule has 2 atom stereocenters. The molecule has 0 saturated heterocycles. The third kappa shape index (κ3) is 2.49. The van der Waals surface area contributed by atoms with Gasteiger partial charge in [0.15, 0.2) is 0 Å². The van der Waals surface area contributed by atoms with Crippen LogP contribution in [-0.2, 0) is 11.3 Å². The van der Waals surface area contributed by atoms with Crippen molar-refractivity contribution in [3.05, 3.63) is 35.4 Å². The minimum atomic E-state index is 0.223. The number of nitrogens with zero attached hydrogens (tertiary/aromatic N) is 1. The molecule has 0 heterocycles. The quantitative estimate of drug-likeness (QED) is 0.901. The molecule has 1 aromatic rings. The summed E-state index contributed by atoms with van der Waals surface area (Å²) in [4.78, 5) is 12.1. The van der Waals surface area contributed by atoms with Crippen molar-refractivity contribution in [3.8, 4) is 6.07 Å². The summed E-state index contributed by atoms with van der Waals surface area (Å²) >= 11 is 0. The van der Waals surface area contributed by atoms with Crippen LogP contribution in [0.2, 0.25) is 0 Å². The van der Waals surface area contributed by atoms with Gasteiger partial charge in [0.05, 0.1) is 11.6 Å². The van der Waals surface area contributed by atoms with Crippen LogP contribution in [0.15, 0.2) is 24.3 Å². The normalized spacial score (nSPS) is 28.1. The second-order valence-corrected chi connectivity index (χ2v) is 5.66. The van der Waals surface area contributed by atoms with E-state index in [9.17, 15) is 4.79 Å². The molecule has 2 saturated carbocycles. The summed E-state index contributed by atoms with van der Waals surface area (Å²) in [5.41, 5.74) is 1.71. The van der Waals surface area contributed by atoms with Gasteiger partial charge >= 0.3 is 0 Å². The van der Waals surface area contributed by atoms with E-state index >= 15 is 0 Å². The summed E-state index contributed by atoms with van der Waals surface area (Å²) in [6.45, 7) is 0.570. The van der Waals surface area contributed by atoms with Gasteiger partial charge in [0.2, 0.25) is 5.91 Å². The summed E-state index contributed by atoms with van der Waals surface area (Å²) in [5.74, 6) is 1.83. The van der Waals surface area contributed by atoms with Crippen molar-refractivity contribution >= 4 is 5.91 Å². The van der Waals surface area contributed by atoms with E-state index in [-0.39, 0.29) is 11.8 Å². The van der Waals surface area contributed by atoms with E-state index in [4.69, 9.17) is 5.26 Å². The highest BCUT2D eigenvalue weighted by Gasteiger charge is 2.54. The summed E-state index contributed by atoms with van der Waals surface area (Å²) < 4.78 is 0. The van der Waals surface area contributed by atoms with Gasteiger partial charge in [-0.1, -0.05) is 25.0 Å². The first kappa shape index (κ1) is 12.2. The number of carbonyl (C=O) groups excluding carboxylic acids is 1. The van der Waals surface area contributed by atoms with E-state index in [1.807, 2.05) is 12.1 Å². The second-order valence-electron chi connectivity index (χ2n) is 5.66. The second kappa shape index (κ2) is 5.05. The van der Waals surface area contributed by atoms with E-state index in [2.05, 4.69) is 11.4 Å².